The number of rotatable bonds is 7. The highest BCUT2D eigenvalue weighted by Crippen LogP contribution is 2.30. The van der Waals surface area contributed by atoms with Crippen LogP contribution < -0.4 is 9.47 Å². The molecule has 0 spiro atoms. The number of ether oxygens (including phenoxy) is 3. The largest absolute Gasteiger partial charge is 0.486 e. The zero-order valence-corrected chi connectivity index (χ0v) is 16.9. The lowest BCUT2D eigenvalue weighted by atomic mass is 10.2. The summed E-state index contributed by atoms with van der Waals surface area (Å²) in [5, 5.41) is 0.636. The first-order chi connectivity index (χ1) is 13.5. The molecule has 0 N–H and O–H groups in total. The number of likely N-dealkylation sites (N-methyl/N-ethyl adjacent to an activating group) is 1. The van der Waals surface area contributed by atoms with E-state index in [0.717, 1.165) is 4.90 Å². The number of carbonyl (C=O) groups is 2. The zero-order chi connectivity index (χ0) is 19.9. The van der Waals surface area contributed by atoms with Crippen molar-refractivity contribution in [3.05, 3.63) is 53.6 Å². The summed E-state index contributed by atoms with van der Waals surface area (Å²) in [6.45, 7) is 0.386. The van der Waals surface area contributed by atoms with Gasteiger partial charge in [0, 0.05) is 17.0 Å². The number of hydrogen-bond donors (Lipinski definition) is 0. The molecule has 8 heteroatoms. The van der Waals surface area contributed by atoms with Gasteiger partial charge in [0.2, 0.25) is 0 Å². The lowest BCUT2D eigenvalue weighted by molar-refractivity contribution is -0.149. The van der Waals surface area contributed by atoms with Gasteiger partial charge in [-0.1, -0.05) is 23.7 Å². The van der Waals surface area contributed by atoms with Crippen LogP contribution >= 0.6 is 23.4 Å². The summed E-state index contributed by atoms with van der Waals surface area (Å²) in [6.07, 6.45) is -0.278. The molecule has 1 atom stereocenters. The van der Waals surface area contributed by atoms with Crippen LogP contribution in [0.15, 0.2) is 53.4 Å². The quantitative estimate of drug-likeness (QED) is 0.505. The summed E-state index contributed by atoms with van der Waals surface area (Å²) in [6, 6.07) is 14.5. The minimum atomic E-state index is -0.451. The summed E-state index contributed by atoms with van der Waals surface area (Å²) in [5.41, 5.74) is 0. The molecule has 0 saturated heterocycles. The minimum Gasteiger partial charge on any atom is -0.486 e. The van der Waals surface area contributed by atoms with E-state index in [1.807, 2.05) is 36.4 Å². The molecule has 0 bridgehead atoms. The Balaban J connectivity index is 1.38. The molecule has 28 heavy (non-hydrogen) atoms. The first kappa shape index (κ1) is 20.4. The molecule has 2 aromatic carbocycles. The highest BCUT2D eigenvalue weighted by molar-refractivity contribution is 8.00. The van der Waals surface area contributed by atoms with Crippen LogP contribution in [0.25, 0.3) is 0 Å². The maximum absolute atomic E-state index is 12.2. The van der Waals surface area contributed by atoms with Gasteiger partial charge in [-0.3, -0.25) is 9.59 Å². The van der Waals surface area contributed by atoms with Gasteiger partial charge in [-0.25, -0.2) is 0 Å². The van der Waals surface area contributed by atoms with Crippen molar-refractivity contribution in [3.63, 3.8) is 0 Å². The average Bonchev–Trinajstić information content (AvgIpc) is 2.71. The predicted molar refractivity (Wildman–Crippen MR) is 107 cm³/mol. The number of thioether (sulfide) groups is 1. The van der Waals surface area contributed by atoms with Gasteiger partial charge in [0.1, 0.15) is 6.61 Å². The van der Waals surface area contributed by atoms with E-state index in [2.05, 4.69) is 0 Å². The molecule has 0 saturated carbocycles. The van der Waals surface area contributed by atoms with Crippen molar-refractivity contribution < 1.29 is 23.8 Å². The fourth-order valence-corrected chi connectivity index (χ4v) is 3.35. The average molecular weight is 422 g/mol. The van der Waals surface area contributed by atoms with Crippen LogP contribution in [0.2, 0.25) is 5.02 Å². The van der Waals surface area contributed by atoms with Gasteiger partial charge in [0.05, 0.1) is 12.3 Å². The van der Waals surface area contributed by atoms with Gasteiger partial charge in [-0.2, -0.15) is 0 Å². The van der Waals surface area contributed by atoms with E-state index in [4.69, 9.17) is 25.8 Å². The van der Waals surface area contributed by atoms with E-state index in [9.17, 15) is 9.59 Å². The van der Waals surface area contributed by atoms with Crippen LogP contribution in [-0.4, -0.2) is 55.4 Å². The normalized spacial score (nSPS) is 15.0. The summed E-state index contributed by atoms with van der Waals surface area (Å²) in [7, 11) is 1.64. The topological polar surface area (TPSA) is 65.1 Å². The summed E-state index contributed by atoms with van der Waals surface area (Å²) >= 11 is 7.15. The SMILES string of the molecule is CN(CC1COc2ccccc2O1)C(=O)COC(=O)CSc1ccc(Cl)cc1. The van der Waals surface area contributed by atoms with E-state index < -0.39 is 5.97 Å². The number of carbonyl (C=O) groups excluding carboxylic acids is 2. The molecular formula is C20H20ClNO5S. The second-order valence-electron chi connectivity index (χ2n) is 6.18. The Labute approximate surface area is 172 Å². The van der Waals surface area contributed by atoms with Crippen LogP contribution in [0.5, 0.6) is 11.5 Å². The van der Waals surface area contributed by atoms with Gasteiger partial charge in [0.15, 0.2) is 24.2 Å². The Bertz CT molecular complexity index is 830. The molecule has 1 aliphatic heterocycles. The van der Waals surface area contributed by atoms with E-state index in [-0.39, 0.29) is 24.4 Å². The van der Waals surface area contributed by atoms with Gasteiger partial charge in [-0.05, 0) is 36.4 Å². The molecule has 0 fully saturated rings. The molecule has 6 nitrogen and oxygen atoms in total. The maximum Gasteiger partial charge on any atom is 0.316 e. The number of para-hydroxylation sites is 2. The molecular weight excluding hydrogens is 402 g/mol. The fourth-order valence-electron chi connectivity index (χ4n) is 2.53. The summed E-state index contributed by atoms with van der Waals surface area (Å²) < 4.78 is 16.5. The molecule has 0 radical (unpaired) electrons. The van der Waals surface area contributed by atoms with Gasteiger partial charge in [-0.15, -0.1) is 11.8 Å². The molecule has 0 aromatic heterocycles. The molecule has 1 amide bonds. The fraction of sp³-hybridized carbons (Fsp3) is 0.300. The number of fused-ring (bicyclic) bond motifs is 1. The standard InChI is InChI=1S/C20H20ClNO5S/c1-22(10-15-11-25-17-4-2-3-5-18(17)27-15)19(23)12-26-20(24)13-28-16-8-6-14(21)7-9-16/h2-9,15H,10-13H2,1H3. The highest BCUT2D eigenvalue weighted by atomic mass is 35.5. The molecule has 1 unspecified atom stereocenters. The number of hydrogen-bond acceptors (Lipinski definition) is 6. The highest BCUT2D eigenvalue weighted by Gasteiger charge is 2.24. The van der Waals surface area contributed by atoms with Crippen LogP contribution in [0.3, 0.4) is 0 Å². The monoisotopic (exact) mass is 421 g/mol. The van der Waals surface area contributed by atoms with Gasteiger partial charge >= 0.3 is 5.97 Å². The van der Waals surface area contributed by atoms with Crippen molar-refractivity contribution in [2.45, 2.75) is 11.0 Å². The molecule has 2 aromatic rings. The predicted octanol–water partition coefficient (Wildman–Crippen LogP) is 3.27. The van der Waals surface area contributed by atoms with Crippen LogP contribution in [-0.2, 0) is 14.3 Å². The molecule has 0 aliphatic carbocycles. The first-order valence-electron chi connectivity index (χ1n) is 8.67. The minimum absolute atomic E-state index is 0.120. The van der Waals surface area contributed by atoms with Gasteiger partial charge in [0.25, 0.3) is 5.91 Å². The summed E-state index contributed by atoms with van der Waals surface area (Å²) in [4.78, 5) is 26.4. The maximum atomic E-state index is 12.2. The van der Waals surface area contributed by atoms with Crippen LogP contribution in [0, 0.1) is 0 Å². The molecule has 148 valence electrons. The smallest absolute Gasteiger partial charge is 0.316 e. The molecule has 1 aliphatic rings. The number of benzene rings is 2. The van der Waals surface area contributed by atoms with E-state index >= 15 is 0 Å². The van der Waals surface area contributed by atoms with Crippen molar-refractivity contribution >= 4 is 35.2 Å². The second kappa shape index (κ2) is 9.71. The van der Waals surface area contributed by atoms with Crippen molar-refractivity contribution in [2.75, 3.05) is 32.6 Å². The number of amides is 1. The van der Waals surface area contributed by atoms with E-state index in [0.29, 0.717) is 29.7 Å². The van der Waals surface area contributed by atoms with Crippen LogP contribution in [0.4, 0.5) is 0 Å². The Kier molecular flexibility index (Phi) is 7.06. The lowest BCUT2D eigenvalue weighted by Crippen LogP contribution is -2.43. The number of halogens is 1. The van der Waals surface area contributed by atoms with E-state index in [1.54, 1.807) is 19.2 Å². The van der Waals surface area contributed by atoms with Crippen molar-refractivity contribution in [1.82, 2.24) is 4.90 Å². The second-order valence-corrected chi connectivity index (χ2v) is 7.66. The Morgan fingerprint density at radius 1 is 1.18 bits per heavy atom. The lowest BCUT2D eigenvalue weighted by Gasteiger charge is -2.29. The third-order valence-corrected chi connectivity index (χ3v) is 5.24. The third-order valence-electron chi connectivity index (χ3n) is 4.00. The number of esters is 1. The Hall–Kier alpha value is -2.38. The Morgan fingerprint density at radius 2 is 1.89 bits per heavy atom. The number of nitrogens with zero attached hydrogens (tertiary/aromatic N) is 1. The first-order valence-corrected chi connectivity index (χ1v) is 10.0. The molecule has 1 heterocycles. The third kappa shape index (κ3) is 5.81. The molecule has 3 rings (SSSR count). The summed E-state index contributed by atoms with van der Waals surface area (Å²) in [5.74, 6) is 0.722. The zero-order valence-electron chi connectivity index (χ0n) is 15.3. The Morgan fingerprint density at radius 3 is 2.64 bits per heavy atom. The van der Waals surface area contributed by atoms with Gasteiger partial charge < -0.3 is 19.1 Å². The van der Waals surface area contributed by atoms with Crippen molar-refractivity contribution in [1.29, 1.82) is 0 Å². The van der Waals surface area contributed by atoms with E-state index in [1.165, 1.54) is 16.7 Å². The van der Waals surface area contributed by atoms with Crippen molar-refractivity contribution in [2.24, 2.45) is 0 Å². The van der Waals surface area contributed by atoms with Crippen LogP contribution in [0.1, 0.15) is 0 Å². The van der Waals surface area contributed by atoms with Crippen molar-refractivity contribution in [3.8, 4) is 11.5 Å².